The van der Waals surface area contributed by atoms with Crippen molar-refractivity contribution in [2.75, 3.05) is 32.1 Å². The molecule has 0 saturated heterocycles. The Bertz CT molecular complexity index is 844. The standard InChI is InChI=1S/C16H20N4O3S/c1-5-20(6-2)24(21,22)13-9-7-12(8-10-13)15-18-14(11-17)16(23-15)19(3)4/h7-10H,5-6H2,1-4H3. The molecule has 7 nitrogen and oxygen atoms in total. The molecule has 2 aromatic rings. The Morgan fingerprint density at radius 1 is 1.17 bits per heavy atom. The van der Waals surface area contributed by atoms with Crippen molar-refractivity contribution >= 4 is 15.9 Å². The van der Waals surface area contributed by atoms with E-state index in [1.54, 1.807) is 45.0 Å². The zero-order chi connectivity index (χ0) is 17.9. The minimum absolute atomic E-state index is 0.190. The van der Waals surface area contributed by atoms with Gasteiger partial charge in [0.15, 0.2) is 0 Å². The summed E-state index contributed by atoms with van der Waals surface area (Å²) < 4.78 is 31.9. The summed E-state index contributed by atoms with van der Waals surface area (Å²) in [6.45, 7) is 4.43. The summed E-state index contributed by atoms with van der Waals surface area (Å²) in [7, 11) is 0.0102. The summed E-state index contributed by atoms with van der Waals surface area (Å²) in [5, 5.41) is 9.11. The van der Waals surface area contributed by atoms with Crippen molar-refractivity contribution in [3.8, 4) is 17.5 Å². The average molecular weight is 348 g/mol. The first-order valence-corrected chi connectivity index (χ1v) is 8.98. The van der Waals surface area contributed by atoms with Crippen molar-refractivity contribution in [2.24, 2.45) is 0 Å². The fourth-order valence-corrected chi connectivity index (χ4v) is 3.75. The van der Waals surface area contributed by atoms with Gasteiger partial charge >= 0.3 is 0 Å². The van der Waals surface area contributed by atoms with Crippen LogP contribution in [0.4, 0.5) is 5.88 Å². The van der Waals surface area contributed by atoms with Crippen molar-refractivity contribution in [3.63, 3.8) is 0 Å². The lowest BCUT2D eigenvalue weighted by Gasteiger charge is -2.18. The summed E-state index contributed by atoms with van der Waals surface area (Å²) in [5.74, 6) is 0.648. The van der Waals surface area contributed by atoms with Gasteiger partial charge in [-0.25, -0.2) is 8.42 Å². The number of aromatic nitrogens is 1. The first-order chi connectivity index (χ1) is 11.3. The molecule has 0 aliphatic carbocycles. The number of sulfonamides is 1. The predicted octanol–water partition coefficient (Wildman–Crippen LogP) is 2.31. The van der Waals surface area contributed by atoms with Gasteiger partial charge in [-0.2, -0.15) is 14.6 Å². The number of oxazole rings is 1. The predicted molar refractivity (Wildman–Crippen MR) is 91.1 cm³/mol. The summed E-state index contributed by atoms with van der Waals surface area (Å²) in [5.41, 5.74) is 0.799. The maximum Gasteiger partial charge on any atom is 0.243 e. The van der Waals surface area contributed by atoms with Crippen LogP contribution in [0, 0.1) is 11.3 Å². The highest BCUT2D eigenvalue weighted by Crippen LogP contribution is 2.28. The molecule has 0 spiro atoms. The number of rotatable bonds is 6. The molecule has 0 aliphatic rings. The minimum atomic E-state index is -3.50. The zero-order valence-electron chi connectivity index (χ0n) is 14.1. The normalized spacial score (nSPS) is 11.5. The summed E-state index contributed by atoms with van der Waals surface area (Å²) in [6, 6.07) is 8.28. The van der Waals surface area contributed by atoms with Crippen LogP contribution in [0.1, 0.15) is 19.5 Å². The molecular weight excluding hydrogens is 328 g/mol. The molecule has 0 fully saturated rings. The molecule has 0 bridgehead atoms. The Labute approximate surface area is 142 Å². The van der Waals surface area contributed by atoms with Gasteiger partial charge in [0.1, 0.15) is 6.07 Å². The third-order valence-corrected chi connectivity index (χ3v) is 5.63. The number of hydrogen-bond acceptors (Lipinski definition) is 6. The molecule has 0 amide bonds. The van der Waals surface area contributed by atoms with Crippen molar-refractivity contribution in [1.82, 2.24) is 9.29 Å². The van der Waals surface area contributed by atoms with E-state index < -0.39 is 10.0 Å². The van der Waals surface area contributed by atoms with Crippen LogP contribution in [0.3, 0.4) is 0 Å². The van der Waals surface area contributed by atoms with Crippen molar-refractivity contribution < 1.29 is 12.8 Å². The van der Waals surface area contributed by atoms with E-state index in [4.69, 9.17) is 9.68 Å². The van der Waals surface area contributed by atoms with Crippen LogP contribution >= 0.6 is 0 Å². The second-order valence-corrected chi connectivity index (χ2v) is 7.23. The third-order valence-electron chi connectivity index (χ3n) is 3.57. The van der Waals surface area contributed by atoms with E-state index in [1.165, 1.54) is 16.4 Å². The molecule has 0 aliphatic heterocycles. The maximum absolute atomic E-state index is 12.5. The molecule has 1 heterocycles. The summed E-state index contributed by atoms with van der Waals surface area (Å²) in [4.78, 5) is 6.03. The van der Waals surface area contributed by atoms with E-state index in [9.17, 15) is 8.42 Å². The van der Waals surface area contributed by atoms with Crippen LogP contribution in [0.5, 0.6) is 0 Å². The Hall–Kier alpha value is -2.37. The monoisotopic (exact) mass is 348 g/mol. The number of nitrogens with zero attached hydrogens (tertiary/aromatic N) is 4. The highest BCUT2D eigenvalue weighted by Gasteiger charge is 2.22. The van der Waals surface area contributed by atoms with Gasteiger partial charge in [-0.05, 0) is 24.3 Å². The molecule has 8 heteroatoms. The number of anilines is 1. The highest BCUT2D eigenvalue weighted by molar-refractivity contribution is 7.89. The molecule has 0 radical (unpaired) electrons. The first-order valence-electron chi connectivity index (χ1n) is 7.54. The number of hydrogen-bond donors (Lipinski definition) is 0. The van der Waals surface area contributed by atoms with E-state index in [2.05, 4.69) is 4.98 Å². The van der Waals surface area contributed by atoms with E-state index in [-0.39, 0.29) is 16.5 Å². The average Bonchev–Trinajstić information content (AvgIpc) is 3.00. The molecular formula is C16H20N4O3S. The van der Waals surface area contributed by atoms with Gasteiger partial charge in [-0.3, -0.25) is 0 Å². The Morgan fingerprint density at radius 2 is 1.75 bits per heavy atom. The van der Waals surface area contributed by atoms with E-state index in [1.807, 2.05) is 6.07 Å². The van der Waals surface area contributed by atoms with Crippen molar-refractivity contribution in [2.45, 2.75) is 18.7 Å². The van der Waals surface area contributed by atoms with Crippen LogP contribution in [0.25, 0.3) is 11.5 Å². The highest BCUT2D eigenvalue weighted by atomic mass is 32.2. The fourth-order valence-electron chi connectivity index (χ4n) is 2.29. The van der Waals surface area contributed by atoms with Gasteiger partial charge in [0.25, 0.3) is 0 Å². The maximum atomic E-state index is 12.5. The fraction of sp³-hybridized carbons (Fsp3) is 0.375. The topological polar surface area (TPSA) is 90.4 Å². The number of benzene rings is 1. The zero-order valence-corrected chi connectivity index (χ0v) is 15.0. The molecule has 0 N–H and O–H groups in total. The summed E-state index contributed by atoms with van der Waals surface area (Å²) >= 11 is 0. The molecule has 128 valence electrons. The van der Waals surface area contributed by atoms with Gasteiger partial charge in [0.05, 0.1) is 4.90 Å². The molecule has 1 aromatic heterocycles. The minimum Gasteiger partial charge on any atom is -0.419 e. The van der Waals surface area contributed by atoms with Gasteiger partial charge < -0.3 is 9.32 Å². The molecule has 2 rings (SSSR count). The molecule has 0 atom stereocenters. The van der Waals surface area contributed by atoms with Gasteiger partial charge in [0, 0.05) is 32.7 Å². The molecule has 0 saturated carbocycles. The van der Waals surface area contributed by atoms with Gasteiger partial charge in [0.2, 0.25) is 27.5 Å². The third kappa shape index (κ3) is 3.27. The van der Waals surface area contributed by atoms with E-state index in [0.29, 0.717) is 24.5 Å². The molecule has 1 aromatic carbocycles. The van der Waals surface area contributed by atoms with Crippen LogP contribution in [-0.2, 0) is 10.0 Å². The molecule has 24 heavy (non-hydrogen) atoms. The lowest BCUT2D eigenvalue weighted by molar-refractivity contribution is 0.445. The summed E-state index contributed by atoms with van der Waals surface area (Å²) in [6.07, 6.45) is 0. The van der Waals surface area contributed by atoms with Gasteiger partial charge in [-0.1, -0.05) is 13.8 Å². The van der Waals surface area contributed by atoms with Gasteiger partial charge in [-0.15, -0.1) is 0 Å². The second-order valence-electron chi connectivity index (χ2n) is 5.29. The Kier molecular flexibility index (Phi) is 5.26. The number of nitriles is 1. The largest absolute Gasteiger partial charge is 0.419 e. The second kappa shape index (κ2) is 7.03. The SMILES string of the molecule is CCN(CC)S(=O)(=O)c1ccc(-c2nc(C#N)c(N(C)C)o2)cc1. The van der Waals surface area contributed by atoms with Crippen molar-refractivity contribution in [3.05, 3.63) is 30.0 Å². The van der Waals surface area contributed by atoms with Crippen LogP contribution in [0.2, 0.25) is 0 Å². The Balaban J connectivity index is 2.39. The first kappa shape index (κ1) is 18.0. The van der Waals surface area contributed by atoms with Crippen LogP contribution in [0.15, 0.2) is 33.6 Å². The van der Waals surface area contributed by atoms with E-state index in [0.717, 1.165) is 0 Å². The van der Waals surface area contributed by atoms with E-state index >= 15 is 0 Å². The molecule has 0 unspecified atom stereocenters. The smallest absolute Gasteiger partial charge is 0.243 e. The Morgan fingerprint density at radius 3 is 2.17 bits per heavy atom. The lowest BCUT2D eigenvalue weighted by Crippen LogP contribution is -2.30. The van der Waals surface area contributed by atoms with Crippen LogP contribution < -0.4 is 4.90 Å². The van der Waals surface area contributed by atoms with Crippen molar-refractivity contribution in [1.29, 1.82) is 5.26 Å². The van der Waals surface area contributed by atoms with Crippen LogP contribution in [-0.4, -0.2) is 44.9 Å². The quantitative estimate of drug-likeness (QED) is 0.795. The lowest BCUT2D eigenvalue weighted by atomic mass is 10.2.